The van der Waals surface area contributed by atoms with Crippen LogP contribution >= 0.6 is 11.8 Å². The largest absolute Gasteiger partial charge is 0.338 e. The van der Waals surface area contributed by atoms with E-state index in [1.165, 1.54) is 11.8 Å². The summed E-state index contributed by atoms with van der Waals surface area (Å²) in [5, 5.41) is 10.4. The van der Waals surface area contributed by atoms with Gasteiger partial charge < -0.3 is 4.90 Å². The molecule has 1 amide bonds. The van der Waals surface area contributed by atoms with E-state index in [-0.39, 0.29) is 29.2 Å². The van der Waals surface area contributed by atoms with E-state index in [0.717, 1.165) is 35.0 Å². The van der Waals surface area contributed by atoms with Crippen LogP contribution in [0.1, 0.15) is 31.7 Å². The average Bonchev–Trinajstić information content (AvgIpc) is 3.29. The molecule has 1 aromatic carbocycles. The van der Waals surface area contributed by atoms with Gasteiger partial charge in [0.25, 0.3) is 0 Å². The molecule has 3 heterocycles. The van der Waals surface area contributed by atoms with Gasteiger partial charge in [0.05, 0.1) is 22.8 Å². The van der Waals surface area contributed by atoms with Gasteiger partial charge in [-0.3, -0.25) is 9.20 Å². The van der Waals surface area contributed by atoms with Crippen LogP contribution in [0.2, 0.25) is 0 Å². The first-order valence-corrected chi connectivity index (χ1v) is 13.1. The van der Waals surface area contributed by atoms with Crippen LogP contribution in [0.25, 0.3) is 16.6 Å². The Morgan fingerprint density at radius 2 is 2.10 bits per heavy atom. The fourth-order valence-electron chi connectivity index (χ4n) is 4.04. The van der Waals surface area contributed by atoms with Crippen molar-refractivity contribution in [3.8, 4) is 0 Å². The van der Waals surface area contributed by atoms with Crippen molar-refractivity contribution in [2.45, 2.75) is 44.3 Å². The molecule has 4 rings (SSSR count). The van der Waals surface area contributed by atoms with Crippen molar-refractivity contribution in [2.75, 3.05) is 23.8 Å². The second-order valence-corrected chi connectivity index (χ2v) is 11.0. The Balaban J connectivity index is 1.56. The minimum atomic E-state index is -3.04. The smallest absolute Gasteiger partial charge is 0.233 e. The molecule has 0 aliphatic carbocycles. The summed E-state index contributed by atoms with van der Waals surface area (Å²) in [7, 11) is -3.04. The van der Waals surface area contributed by atoms with Crippen molar-refractivity contribution in [1.82, 2.24) is 19.5 Å². The number of nitrogens with zero attached hydrogens (tertiary/aromatic N) is 4. The lowest BCUT2D eigenvalue weighted by molar-refractivity contribution is -0.130. The molecule has 2 aromatic heterocycles. The number of thioether (sulfide) groups is 1. The molecule has 0 bridgehead atoms. The zero-order valence-electron chi connectivity index (χ0n) is 17.2. The number of pyridine rings is 1. The second kappa shape index (κ2) is 8.55. The number of sulfone groups is 1. The third-order valence-electron chi connectivity index (χ3n) is 5.62. The average molecular weight is 447 g/mol. The molecule has 0 spiro atoms. The third kappa shape index (κ3) is 4.18. The lowest BCUT2D eigenvalue weighted by atomic mass is 10.1. The highest BCUT2D eigenvalue weighted by Crippen LogP contribution is 2.26. The second-order valence-electron chi connectivity index (χ2n) is 7.81. The lowest BCUT2D eigenvalue weighted by Gasteiger charge is -2.28. The summed E-state index contributed by atoms with van der Waals surface area (Å²) < 4.78 is 25.8. The maximum Gasteiger partial charge on any atom is 0.233 e. The quantitative estimate of drug-likeness (QED) is 0.519. The van der Waals surface area contributed by atoms with E-state index < -0.39 is 9.84 Å². The lowest BCUT2D eigenvalue weighted by Crippen LogP contribution is -2.42. The highest BCUT2D eigenvalue weighted by atomic mass is 32.2. The number of amides is 1. The topological polar surface area (TPSA) is 84.6 Å². The number of rotatable bonds is 7. The zero-order valence-corrected chi connectivity index (χ0v) is 18.9. The number of aryl methyl sites for hydroxylation is 1. The van der Waals surface area contributed by atoms with Crippen molar-refractivity contribution in [2.24, 2.45) is 0 Å². The molecule has 7 nitrogen and oxygen atoms in total. The first-order chi connectivity index (χ1) is 14.4. The SMILES string of the molecule is CCCCN(C(=O)CSc1nnc2cc(C)c3ccccc3n12)C1CCS(=O)(=O)C1. The van der Waals surface area contributed by atoms with E-state index in [0.29, 0.717) is 18.1 Å². The summed E-state index contributed by atoms with van der Waals surface area (Å²) in [5.74, 6) is 0.415. The Kier molecular flexibility index (Phi) is 6.02. The van der Waals surface area contributed by atoms with Gasteiger partial charge >= 0.3 is 0 Å². The van der Waals surface area contributed by atoms with Gasteiger partial charge in [0.1, 0.15) is 0 Å². The van der Waals surface area contributed by atoms with Crippen LogP contribution in [0.15, 0.2) is 35.5 Å². The van der Waals surface area contributed by atoms with Crippen LogP contribution in [0.4, 0.5) is 0 Å². The van der Waals surface area contributed by atoms with Gasteiger partial charge in [-0.1, -0.05) is 43.3 Å². The molecule has 30 heavy (non-hydrogen) atoms. The van der Waals surface area contributed by atoms with E-state index in [2.05, 4.69) is 30.1 Å². The van der Waals surface area contributed by atoms with Gasteiger partial charge in [-0.2, -0.15) is 0 Å². The normalized spacial score (nSPS) is 18.3. The highest BCUT2D eigenvalue weighted by Gasteiger charge is 2.34. The van der Waals surface area contributed by atoms with E-state index in [1.807, 2.05) is 28.7 Å². The Morgan fingerprint density at radius 1 is 1.30 bits per heavy atom. The molecule has 1 unspecified atom stereocenters. The summed E-state index contributed by atoms with van der Waals surface area (Å²) >= 11 is 1.35. The molecule has 0 saturated carbocycles. The summed E-state index contributed by atoms with van der Waals surface area (Å²) in [5.41, 5.74) is 2.90. The molecular weight excluding hydrogens is 420 g/mol. The zero-order chi connectivity index (χ0) is 21.3. The molecule has 1 fully saturated rings. The van der Waals surface area contributed by atoms with E-state index in [9.17, 15) is 13.2 Å². The predicted octanol–water partition coefficient (Wildman–Crippen LogP) is 3.10. The first-order valence-electron chi connectivity index (χ1n) is 10.3. The maximum absolute atomic E-state index is 13.0. The van der Waals surface area contributed by atoms with Gasteiger partial charge in [0.15, 0.2) is 20.6 Å². The minimum Gasteiger partial charge on any atom is -0.338 e. The van der Waals surface area contributed by atoms with Gasteiger partial charge in [-0.15, -0.1) is 10.2 Å². The van der Waals surface area contributed by atoms with E-state index in [1.54, 1.807) is 4.90 Å². The maximum atomic E-state index is 13.0. The van der Waals surface area contributed by atoms with Crippen molar-refractivity contribution in [1.29, 1.82) is 0 Å². The number of hydrogen-bond donors (Lipinski definition) is 0. The van der Waals surface area contributed by atoms with Gasteiger partial charge in [0, 0.05) is 18.0 Å². The Labute approximate surface area is 180 Å². The molecule has 1 aliphatic heterocycles. The van der Waals surface area contributed by atoms with Crippen molar-refractivity contribution >= 4 is 44.1 Å². The molecule has 0 radical (unpaired) electrons. The van der Waals surface area contributed by atoms with E-state index in [4.69, 9.17) is 0 Å². The number of para-hydroxylation sites is 1. The van der Waals surface area contributed by atoms with E-state index >= 15 is 0 Å². The van der Waals surface area contributed by atoms with Crippen LogP contribution in [-0.4, -0.2) is 63.7 Å². The molecule has 0 N–H and O–H groups in total. The fraction of sp³-hybridized carbons (Fsp3) is 0.476. The highest BCUT2D eigenvalue weighted by molar-refractivity contribution is 7.99. The summed E-state index contributed by atoms with van der Waals surface area (Å²) in [6.45, 7) is 4.71. The molecule has 3 aromatic rings. The van der Waals surface area contributed by atoms with Gasteiger partial charge in [-0.05, 0) is 37.5 Å². The van der Waals surface area contributed by atoms with Crippen LogP contribution in [-0.2, 0) is 14.6 Å². The molecule has 160 valence electrons. The van der Waals surface area contributed by atoms with Crippen LogP contribution < -0.4 is 0 Å². The van der Waals surface area contributed by atoms with Crippen molar-refractivity contribution in [3.63, 3.8) is 0 Å². The number of fused-ring (bicyclic) bond motifs is 3. The monoisotopic (exact) mass is 446 g/mol. The molecule has 9 heteroatoms. The van der Waals surface area contributed by atoms with Gasteiger partial charge in [-0.25, -0.2) is 8.42 Å². The summed E-state index contributed by atoms with van der Waals surface area (Å²) in [6, 6.07) is 9.86. The minimum absolute atomic E-state index is 0.0382. The summed E-state index contributed by atoms with van der Waals surface area (Å²) in [4.78, 5) is 14.8. The number of aromatic nitrogens is 3. The fourth-order valence-corrected chi connectivity index (χ4v) is 6.61. The number of benzene rings is 1. The van der Waals surface area contributed by atoms with Gasteiger partial charge in [0.2, 0.25) is 5.91 Å². The molecule has 1 atom stereocenters. The standard InChI is InChI=1S/C21H26N4O3S2/c1-3-4-10-24(16-9-11-30(27,28)14-16)20(26)13-29-21-23-22-19-12-15(2)17-7-5-6-8-18(17)25(19)21/h5-8,12,16H,3-4,9-11,13-14H2,1-2H3. The number of carbonyl (C=O) groups excluding carboxylic acids is 1. The predicted molar refractivity (Wildman–Crippen MR) is 120 cm³/mol. The van der Waals surface area contributed by atoms with Crippen LogP contribution in [0.5, 0.6) is 0 Å². The Hall–Kier alpha value is -2.13. The van der Waals surface area contributed by atoms with Crippen molar-refractivity contribution in [3.05, 3.63) is 35.9 Å². The molecular formula is C21H26N4O3S2. The van der Waals surface area contributed by atoms with Crippen LogP contribution in [0, 0.1) is 6.92 Å². The first kappa shape index (κ1) is 21.1. The summed E-state index contributed by atoms with van der Waals surface area (Å²) in [6.07, 6.45) is 2.35. The number of carbonyl (C=O) groups is 1. The number of hydrogen-bond acceptors (Lipinski definition) is 6. The Bertz CT molecular complexity index is 1190. The molecule has 1 saturated heterocycles. The molecule has 1 aliphatic rings. The van der Waals surface area contributed by atoms with Crippen molar-refractivity contribution < 1.29 is 13.2 Å². The van der Waals surface area contributed by atoms with Crippen LogP contribution in [0.3, 0.4) is 0 Å². The number of unbranched alkanes of at least 4 members (excludes halogenated alkanes) is 1. The third-order valence-corrected chi connectivity index (χ3v) is 8.28. The Morgan fingerprint density at radius 3 is 2.83 bits per heavy atom.